The van der Waals surface area contributed by atoms with Crippen LogP contribution in [0.1, 0.15) is 16.8 Å². The number of hydrogen-bond acceptors (Lipinski definition) is 4. The second-order valence-electron chi connectivity index (χ2n) is 3.69. The third-order valence-electron chi connectivity index (χ3n) is 2.33. The van der Waals surface area contributed by atoms with Gasteiger partial charge in [0.1, 0.15) is 11.9 Å². The van der Waals surface area contributed by atoms with Gasteiger partial charge in [0.25, 0.3) is 11.6 Å². The van der Waals surface area contributed by atoms with Crippen LogP contribution >= 0.6 is 0 Å². The van der Waals surface area contributed by atoms with Gasteiger partial charge in [0.05, 0.1) is 16.6 Å². The van der Waals surface area contributed by atoms with E-state index in [4.69, 9.17) is 11.5 Å². The summed E-state index contributed by atoms with van der Waals surface area (Å²) in [6.07, 6.45) is 4.68. The van der Waals surface area contributed by atoms with E-state index in [1.54, 1.807) is 0 Å². The maximum atomic E-state index is 13.5. The number of nitrogens with one attached hydrogen (secondary N) is 1. The third-order valence-corrected chi connectivity index (χ3v) is 2.33. The number of benzene rings is 1. The zero-order valence-electron chi connectivity index (χ0n) is 10.00. The molecule has 0 aromatic heterocycles. The van der Waals surface area contributed by atoms with Crippen LogP contribution in [-0.4, -0.2) is 27.9 Å². The Kier molecular flexibility index (Phi) is 4.75. The van der Waals surface area contributed by atoms with Gasteiger partial charge in [-0.05, 0) is 6.07 Å². The molecular formula is C12H9FN2O5. The van der Waals surface area contributed by atoms with E-state index >= 15 is 0 Å². The van der Waals surface area contributed by atoms with E-state index in [0.717, 1.165) is 12.1 Å². The highest BCUT2D eigenvalue weighted by Crippen LogP contribution is 2.16. The minimum Gasteiger partial charge on any atom is -0.480 e. The van der Waals surface area contributed by atoms with Crippen LogP contribution in [-0.2, 0) is 4.79 Å². The molecule has 2 N–H and O–H groups in total. The number of terminal acetylenes is 1. The van der Waals surface area contributed by atoms with Crippen molar-refractivity contribution in [2.45, 2.75) is 12.5 Å². The molecule has 0 aliphatic heterocycles. The first-order chi connectivity index (χ1) is 9.36. The fourth-order valence-electron chi connectivity index (χ4n) is 1.36. The molecule has 0 spiro atoms. The Balaban J connectivity index is 2.95. The van der Waals surface area contributed by atoms with E-state index < -0.39 is 39.9 Å². The number of rotatable bonds is 5. The Labute approximate surface area is 112 Å². The van der Waals surface area contributed by atoms with Crippen molar-refractivity contribution in [1.29, 1.82) is 0 Å². The van der Waals surface area contributed by atoms with Crippen molar-refractivity contribution in [3.63, 3.8) is 0 Å². The summed E-state index contributed by atoms with van der Waals surface area (Å²) in [7, 11) is 0. The molecule has 0 aliphatic carbocycles. The fourth-order valence-corrected chi connectivity index (χ4v) is 1.36. The zero-order chi connectivity index (χ0) is 15.3. The van der Waals surface area contributed by atoms with Gasteiger partial charge >= 0.3 is 5.97 Å². The van der Waals surface area contributed by atoms with Crippen LogP contribution in [0.25, 0.3) is 0 Å². The van der Waals surface area contributed by atoms with Crippen LogP contribution in [0.15, 0.2) is 18.2 Å². The van der Waals surface area contributed by atoms with Gasteiger partial charge in [-0.1, -0.05) is 0 Å². The molecule has 0 radical (unpaired) electrons. The number of carbonyl (C=O) groups excluding carboxylic acids is 1. The Morgan fingerprint density at radius 3 is 2.65 bits per heavy atom. The number of halogens is 1. The lowest BCUT2D eigenvalue weighted by atomic mass is 10.1. The van der Waals surface area contributed by atoms with E-state index in [9.17, 15) is 24.1 Å². The first-order valence-electron chi connectivity index (χ1n) is 5.28. The topological polar surface area (TPSA) is 110 Å². The average Bonchev–Trinajstić information content (AvgIpc) is 2.37. The largest absolute Gasteiger partial charge is 0.480 e. The minimum atomic E-state index is -1.36. The zero-order valence-corrected chi connectivity index (χ0v) is 10.00. The van der Waals surface area contributed by atoms with E-state index in [-0.39, 0.29) is 6.42 Å². The number of amides is 1. The van der Waals surface area contributed by atoms with Crippen molar-refractivity contribution in [2.75, 3.05) is 0 Å². The van der Waals surface area contributed by atoms with Crippen LogP contribution in [0, 0.1) is 28.3 Å². The molecular weight excluding hydrogens is 271 g/mol. The molecule has 7 nitrogen and oxygen atoms in total. The summed E-state index contributed by atoms with van der Waals surface area (Å²) in [5.41, 5.74) is -1.02. The lowest BCUT2D eigenvalue weighted by Crippen LogP contribution is -2.40. The molecule has 104 valence electrons. The summed E-state index contributed by atoms with van der Waals surface area (Å²) in [5, 5.41) is 21.3. The highest BCUT2D eigenvalue weighted by atomic mass is 19.1. The van der Waals surface area contributed by atoms with Crippen molar-refractivity contribution in [2.24, 2.45) is 0 Å². The van der Waals surface area contributed by atoms with Crippen molar-refractivity contribution in [3.8, 4) is 12.3 Å². The monoisotopic (exact) mass is 280 g/mol. The highest BCUT2D eigenvalue weighted by Gasteiger charge is 2.22. The molecule has 0 bridgehead atoms. The quantitative estimate of drug-likeness (QED) is 0.474. The molecule has 0 heterocycles. The maximum Gasteiger partial charge on any atom is 0.327 e. The van der Waals surface area contributed by atoms with Gasteiger partial charge in [0.2, 0.25) is 0 Å². The second kappa shape index (κ2) is 6.29. The third kappa shape index (κ3) is 3.52. The van der Waals surface area contributed by atoms with Crippen LogP contribution in [0.5, 0.6) is 0 Å². The second-order valence-corrected chi connectivity index (χ2v) is 3.69. The molecule has 8 heteroatoms. The maximum absolute atomic E-state index is 13.5. The van der Waals surface area contributed by atoms with Crippen molar-refractivity contribution < 1.29 is 24.0 Å². The number of hydrogen-bond donors (Lipinski definition) is 2. The molecule has 1 aromatic carbocycles. The summed E-state index contributed by atoms with van der Waals surface area (Å²) in [6, 6.07) is 1.06. The number of nitro groups is 1. The lowest BCUT2D eigenvalue weighted by Gasteiger charge is -2.12. The smallest absolute Gasteiger partial charge is 0.327 e. The molecule has 1 rings (SSSR count). The normalized spacial score (nSPS) is 11.2. The van der Waals surface area contributed by atoms with Gasteiger partial charge in [0.15, 0.2) is 0 Å². The van der Waals surface area contributed by atoms with Crippen LogP contribution in [0.2, 0.25) is 0 Å². The number of carboxylic acids is 1. The van der Waals surface area contributed by atoms with Crippen molar-refractivity contribution in [1.82, 2.24) is 5.32 Å². The van der Waals surface area contributed by atoms with Gasteiger partial charge < -0.3 is 10.4 Å². The minimum absolute atomic E-state index is 0.268. The Hall–Kier alpha value is -2.95. The Bertz CT molecular complexity index is 608. The lowest BCUT2D eigenvalue weighted by molar-refractivity contribution is -0.385. The van der Waals surface area contributed by atoms with Crippen molar-refractivity contribution >= 4 is 17.6 Å². The summed E-state index contributed by atoms with van der Waals surface area (Å²) >= 11 is 0. The SMILES string of the molecule is C#CCC(NC(=O)c1ccc([N+](=O)[O-])cc1F)C(=O)O. The highest BCUT2D eigenvalue weighted by molar-refractivity contribution is 5.97. The van der Waals surface area contributed by atoms with Gasteiger partial charge in [0, 0.05) is 12.5 Å². The van der Waals surface area contributed by atoms with Crippen LogP contribution < -0.4 is 5.32 Å². The molecule has 0 aliphatic rings. The van der Waals surface area contributed by atoms with E-state index in [2.05, 4.69) is 5.92 Å². The summed E-state index contributed by atoms with van der Waals surface area (Å²) < 4.78 is 13.5. The summed E-state index contributed by atoms with van der Waals surface area (Å²) in [5.74, 6) is -1.43. The molecule has 0 fully saturated rings. The number of non-ortho nitro benzene ring substituents is 1. The predicted octanol–water partition coefficient (Wildman–Crippen LogP) is 0.940. The summed E-state index contributed by atoms with van der Waals surface area (Å²) in [4.78, 5) is 32.1. The van der Waals surface area contributed by atoms with Gasteiger partial charge in [-0.2, -0.15) is 0 Å². The molecule has 1 amide bonds. The first-order valence-corrected chi connectivity index (χ1v) is 5.28. The van der Waals surface area contributed by atoms with E-state index in [1.807, 2.05) is 5.32 Å². The average molecular weight is 280 g/mol. The molecule has 1 aromatic rings. The number of nitro benzene ring substituents is 1. The number of carboxylic acid groups (broad SMARTS) is 1. The van der Waals surface area contributed by atoms with E-state index in [0.29, 0.717) is 6.07 Å². The molecule has 1 unspecified atom stereocenters. The number of nitrogens with zero attached hydrogens (tertiary/aromatic N) is 1. The Morgan fingerprint density at radius 1 is 1.55 bits per heavy atom. The fraction of sp³-hybridized carbons (Fsp3) is 0.167. The van der Waals surface area contributed by atoms with E-state index in [1.165, 1.54) is 0 Å². The molecule has 1 atom stereocenters. The van der Waals surface area contributed by atoms with Crippen LogP contribution in [0.4, 0.5) is 10.1 Å². The standard InChI is InChI=1S/C12H9FN2O5/c1-2-3-10(12(17)18)14-11(16)8-5-4-7(15(19)20)6-9(8)13/h1,4-6,10H,3H2,(H,14,16)(H,17,18). The van der Waals surface area contributed by atoms with Gasteiger partial charge in [-0.25, -0.2) is 9.18 Å². The summed E-state index contributed by atoms with van der Waals surface area (Å²) in [6.45, 7) is 0. The molecule has 20 heavy (non-hydrogen) atoms. The predicted molar refractivity (Wildman–Crippen MR) is 65.4 cm³/mol. The number of carbonyl (C=O) groups is 2. The van der Waals surface area contributed by atoms with Gasteiger partial charge in [-0.15, -0.1) is 12.3 Å². The molecule has 0 saturated heterocycles. The molecule has 0 saturated carbocycles. The van der Waals surface area contributed by atoms with Gasteiger partial charge in [-0.3, -0.25) is 14.9 Å². The van der Waals surface area contributed by atoms with Crippen LogP contribution in [0.3, 0.4) is 0 Å². The number of aliphatic carboxylic acids is 1. The van der Waals surface area contributed by atoms with Crippen molar-refractivity contribution in [3.05, 3.63) is 39.7 Å². The first kappa shape index (κ1) is 15.1. The Morgan fingerprint density at radius 2 is 2.20 bits per heavy atom.